The minimum absolute atomic E-state index is 0.0149. The van der Waals surface area contributed by atoms with Gasteiger partial charge in [0.25, 0.3) is 0 Å². The molecule has 1 aromatic carbocycles. The molecule has 1 heterocycles. The van der Waals surface area contributed by atoms with Gasteiger partial charge in [0.2, 0.25) is 11.8 Å². The number of piperazine rings is 1. The van der Waals surface area contributed by atoms with Gasteiger partial charge >= 0.3 is 0 Å². The highest BCUT2D eigenvalue weighted by atomic mass is 16.2. The third kappa shape index (κ3) is 3.96. The van der Waals surface area contributed by atoms with Crippen LogP contribution in [-0.2, 0) is 16.1 Å². The lowest BCUT2D eigenvalue weighted by Gasteiger charge is -2.34. The van der Waals surface area contributed by atoms with E-state index in [1.54, 1.807) is 0 Å². The molecular formula is C19H27N3O2. The summed E-state index contributed by atoms with van der Waals surface area (Å²) >= 11 is 0. The maximum atomic E-state index is 12.5. The maximum Gasteiger partial charge on any atom is 0.226 e. The van der Waals surface area contributed by atoms with Crippen molar-refractivity contribution in [2.45, 2.75) is 26.8 Å². The van der Waals surface area contributed by atoms with E-state index < -0.39 is 0 Å². The summed E-state index contributed by atoms with van der Waals surface area (Å²) < 4.78 is 0. The van der Waals surface area contributed by atoms with Crippen molar-refractivity contribution in [3.63, 3.8) is 0 Å². The number of carbonyl (C=O) groups is 2. The van der Waals surface area contributed by atoms with Gasteiger partial charge in [-0.2, -0.15) is 0 Å². The number of rotatable bonds is 5. The van der Waals surface area contributed by atoms with Crippen LogP contribution in [0.4, 0.5) is 0 Å². The van der Waals surface area contributed by atoms with E-state index in [0.29, 0.717) is 13.0 Å². The average molecular weight is 329 g/mol. The number of hydrogen-bond acceptors (Lipinski definition) is 3. The molecule has 2 amide bonds. The highest BCUT2D eigenvalue weighted by molar-refractivity contribution is 5.92. The zero-order chi connectivity index (χ0) is 17.1. The molecule has 1 saturated heterocycles. The van der Waals surface area contributed by atoms with Crippen molar-refractivity contribution in [3.8, 4) is 0 Å². The average Bonchev–Trinajstić information content (AvgIpc) is 3.41. The highest BCUT2D eigenvalue weighted by Crippen LogP contribution is 2.40. The molecule has 2 atom stereocenters. The van der Waals surface area contributed by atoms with Gasteiger partial charge in [-0.15, -0.1) is 0 Å². The Morgan fingerprint density at radius 1 is 1.08 bits per heavy atom. The summed E-state index contributed by atoms with van der Waals surface area (Å²) in [6, 6.07) is 8.14. The van der Waals surface area contributed by atoms with E-state index in [9.17, 15) is 9.59 Å². The van der Waals surface area contributed by atoms with E-state index in [1.165, 1.54) is 5.56 Å². The van der Waals surface area contributed by atoms with Crippen LogP contribution in [0.15, 0.2) is 24.3 Å². The first-order chi connectivity index (χ1) is 11.6. The lowest BCUT2D eigenvalue weighted by atomic mass is 10.1. The second kappa shape index (κ2) is 7.34. The lowest BCUT2D eigenvalue weighted by molar-refractivity contribution is -0.136. The quantitative estimate of drug-likeness (QED) is 0.889. The van der Waals surface area contributed by atoms with Crippen LogP contribution in [0.1, 0.15) is 24.5 Å². The highest BCUT2D eigenvalue weighted by Gasteiger charge is 2.49. The standard InChI is InChI=1S/C19H27N3O2/c1-3-21-8-10-22(11-9-21)19(24)17-12-16(17)18(23)20-13-15-6-4-14(2)5-7-15/h4-7,16-17H,3,8-13H2,1-2H3,(H,20,23). The van der Waals surface area contributed by atoms with Crippen LogP contribution >= 0.6 is 0 Å². The van der Waals surface area contributed by atoms with Crippen LogP contribution in [-0.4, -0.2) is 54.3 Å². The Morgan fingerprint density at radius 3 is 2.38 bits per heavy atom. The van der Waals surface area contributed by atoms with E-state index >= 15 is 0 Å². The number of nitrogens with one attached hydrogen (secondary N) is 1. The predicted molar refractivity (Wildman–Crippen MR) is 93.3 cm³/mol. The molecule has 0 spiro atoms. The molecule has 1 aliphatic heterocycles. The van der Waals surface area contributed by atoms with Crippen LogP contribution in [0.5, 0.6) is 0 Å². The second-order valence-electron chi connectivity index (χ2n) is 6.91. The Kier molecular flexibility index (Phi) is 5.19. The number of aryl methyl sites for hydroxylation is 1. The van der Waals surface area contributed by atoms with Gasteiger partial charge in [-0.05, 0) is 25.5 Å². The van der Waals surface area contributed by atoms with E-state index in [4.69, 9.17) is 0 Å². The number of benzene rings is 1. The first-order valence-electron chi connectivity index (χ1n) is 8.93. The summed E-state index contributed by atoms with van der Waals surface area (Å²) in [5.74, 6) is -0.0503. The van der Waals surface area contributed by atoms with E-state index in [2.05, 4.69) is 17.1 Å². The molecule has 1 saturated carbocycles. The first-order valence-corrected chi connectivity index (χ1v) is 8.93. The molecule has 2 aliphatic rings. The van der Waals surface area contributed by atoms with E-state index in [1.807, 2.05) is 36.1 Å². The third-order valence-electron chi connectivity index (χ3n) is 5.16. The van der Waals surface area contributed by atoms with Crippen LogP contribution in [0.25, 0.3) is 0 Å². The van der Waals surface area contributed by atoms with Gasteiger partial charge in [0, 0.05) is 32.7 Å². The zero-order valence-electron chi connectivity index (χ0n) is 14.6. The summed E-state index contributed by atoms with van der Waals surface area (Å²) in [5, 5.41) is 2.97. The lowest BCUT2D eigenvalue weighted by Crippen LogP contribution is -2.49. The fraction of sp³-hybridized carbons (Fsp3) is 0.579. The minimum atomic E-state index is -0.132. The van der Waals surface area contributed by atoms with Gasteiger partial charge in [0.1, 0.15) is 0 Å². The zero-order valence-corrected chi connectivity index (χ0v) is 14.6. The summed E-state index contributed by atoms with van der Waals surface area (Å²) in [7, 11) is 0. The number of hydrogen-bond donors (Lipinski definition) is 1. The number of amides is 2. The van der Waals surface area contributed by atoms with Crippen LogP contribution in [0.3, 0.4) is 0 Å². The van der Waals surface area contributed by atoms with Gasteiger partial charge in [0.05, 0.1) is 11.8 Å². The summed E-state index contributed by atoms with van der Waals surface area (Å²) in [6.45, 7) is 9.23. The van der Waals surface area contributed by atoms with Crippen molar-refractivity contribution < 1.29 is 9.59 Å². The largest absolute Gasteiger partial charge is 0.352 e. The molecule has 0 bridgehead atoms. The normalized spacial score (nSPS) is 23.8. The molecule has 0 aromatic heterocycles. The molecular weight excluding hydrogens is 302 g/mol. The summed E-state index contributed by atoms with van der Waals surface area (Å²) in [4.78, 5) is 29.0. The van der Waals surface area contributed by atoms with Crippen molar-refractivity contribution in [1.82, 2.24) is 15.1 Å². The van der Waals surface area contributed by atoms with Crippen molar-refractivity contribution >= 4 is 11.8 Å². The SMILES string of the molecule is CCN1CCN(C(=O)C2CC2C(=O)NCc2ccc(C)cc2)CC1. The molecule has 2 fully saturated rings. The van der Waals surface area contributed by atoms with Crippen LogP contribution < -0.4 is 5.32 Å². The van der Waals surface area contributed by atoms with E-state index in [0.717, 1.165) is 38.3 Å². The first kappa shape index (κ1) is 17.0. The van der Waals surface area contributed by atoms with Gasteiger partial charge in [0.15, 0.2) is 0 Å². The van der Waals surface area contributed by atoms with Crippen molar-refractivity contribution in [1.29, 1.82) is 0 Å². The predicted octanol–water partition coefficient (Wildman–Crippen LogP) is 1.41. The smallest absolute Gasteiger partial charge is 0.226 e. The molecule has 1 aromatic rings. The van der Waals surface area contributed by atoms with Crippen LogP contribution in [0.2, 0.25) is 0 Å². The second-order valence-corrected chi connectivity index (χ2v) is 6.91. The number of carbonyl (C=O) groups excluding carboxylic acids is 2. The van der Waals surface area contributed by atoms with E-state index in [-0.39, 0.29) is 23.7 Å². The van der Waals surface area contributed by atoms with Gasteiger partial charge < -0.3 is 15.1 Å². The Bertz CT molecular complexity index is 591. The van der Waals surface area contributed by atoms with Gasteiger partial charge in [-0.3, -0.25) is 9.59 Å². The Balaban J connectivity index is 1.43. The molecule has 5 heteroatoms. The summed E-state index contributed by atoms with van der Waals surface area (Å²) in [5.41, 5.74) is 2.30. The topological polar surface area (TPSA) is 52.7 Å². The fourth-order valence-corrected chi connectivity index (χ4v) is 3.30. The van der Waals surface area contributed by atoms with Crippen molar-refractivity contribution in [2.75, 3.05) is 32.7 Å². The molecule has 1 N–H and O–H groups in total. The molecule has 24 heavy (non-hydrogen) atoms. The Labute approximate surface area is 144 Å². The molecule has 3 rings (SSSR count). The molecule has 0 radical (unpaired) electrons. The van der Waals surface area contributed by atoms with Gasteiger partial charge in [-0.25, -0.2) is 0 Å². The van der Waals surface area contributed by atoms with Crippen LogP contribution in [0, 0.1) is 18.8 Å². The number of nitrogens with zero attached hydrogens (tertiary/aromatic N) is 2. The molecule has 130 valence electrons. The Morgan fingerprint density at radius 2 is 1.75 bits per heavy atom. The van der Waals surface area contributed by atoms with Crippen molar-refractivity contribution in [2.24, 2.45) is 11.8 Å². The minimum Gasteiger partial charge on any atom is -0.352 e. The number of likely N-dealkylation sites (N-methyl/N-ethyl adjacent to an activating group) is 1. The maximum absolute atomic E-state index is 12.5. The molecule has 1 aliphatic carbocycles. The molecule has 2 unspecified atom stereocenters. The van der Waals surface area contributed by atoms with Gasteiger partial charge in [-0.1, -0.05) is 36.8 Å². The Hall–Kier alpha value is -1.88. The monoisotopic (exact) mass is 329 g/mol. The van der Waals surface area contributed by atoms with Crippen molar-refractivity contribution in [3.05, 3.63) is 35.4 Å². The molecule has 5 nitrogen and oxygen atoms in total. The summed E-state index contributed by atoms with van der Waals surface area (Å²) in [6.07, 6.45) is 0.701. The third-order valence-corrected chi connectivity index (χ3v) is 5.16. The fourth-order valence-electron chi connectivity index (χ4n) is 3.30.